The summed E-state index contributed by atoms with van der Waals surface area (Å²) in [5.74, 6) is -0.226. The van der Waals surface area contributed by atoms with Gasteiger partial charge in [-0.15, -0.1) is 0 Å². The molecular formula is C20H24BNO5. The lowest BCUT2D eigenvalue weighted by atomic mass is 9.80. The van der Waals surface area contributed by atoms with Gasteiger partial charge in [0, 0.05) is 11.7 Å². The van der Waals surface area contributed by atoms with Crippen LogP contribution in [0.25, 0.3) is 0 Å². The average Bonchev–Trinajstić information content (AvgIpc) is 2.87. The fraction of sp³-hybridized carbons (Fsp3) is 0.400. The standard InChI is InChI=1S/C20H24BNO5/c1-19(2)20(3,4)27-21(26-19)15-11-16(17(22-12-15)18(23)24-5)25-13-14-9-7-6-8-10-14/h6-12H,13H2,1-5H3. The lowest BCUT2D eigenvalue weighted by Gasteiger charge is -2.32. The van der Waals surface area contributed by atoms with Crippen molar-refractivity contribution in [1.29, 1.82) is 0 Å². The zero-order valence-corrected chi connectivity index (χ0v) is 16.3. The molecule has 0 N–H and O–H groups in total. The summed E-state index contributed by atoms with van der Waals surface area (Å²) in [5, 5.41) is 0. The molecule has 0 unspecified atom stereocenters. The normalized spacial score (nSPS) is 17.6. The molecule has 27 heavy (non-hydrogen) atoms. The first-order valence-corrected chi connectivity index (χ1v) is 8.84. The number of rotatable bonds is 5. The summed E-state index contributed by atoms with van der Waals surface area (Å²) < 4.78 is 22.8. The Hall–Kier alpha value is -2.38. The Morgan fingerprint density at radius 2 is 1.74 bits per heavy atom. The topological polar surface area (TPSA) is 66.9 Å². The van der Waals surface area contributed by atoms with Gasteiger partial charge in [0.15, 0.2) is 11.4 Å². The minimum atomic E-state index is -0.590. The molecule has 0 atom stereocenters. The van der Waals surface area contributed by atoms with Gasteiger partial charge in [0.2, 0.25) is 0 Å². The van der Waals surface area contributed by atoms with Crippen molar-refractivity contribution in [1.82, 2.24) is 4.98 Å². The molecule has 2 heterocycles. The van der Waals surface area contributed by atoms with E-state index < -0.39 is 24.3 Å². The summed E-state index contributed by atoms with van der Waals surface area (Å²) in [6.45, 7) is 8.23. The predicted molar refractivity (Wildman–Crippen MR) is 102 cm³/mol. The smallest absolute Gasteiger partial charge is 0.486 e. The highest BCUT2D eigenvalue weighted by Gasteiger charge is 2.52. The quantitative estimate of drug-likeness (QED) is 0.597. The van der Waals surface area contributed by atoms with Crippen molar-refractivity contribution in [2.75, 3.05) is 7.11 Å². The molecule has 0 aliphatic carbocycles. The first kappa shape index (κ1) is 19.4. The number of aromatic nitrogens is 1. The molecule has 0 spiro atoms. The van der Waals surface area contributed by atoms with Crippen molar-refractivity contribution in [3.05, 3.63) is 53.9 Å². The molecule has 6 nitrogen and oxygen atoms in total. The fourth-order valence-electron chi connectivity index (χ4n) is 2.66. The molecule has 0 radical (unpaired) electrons. The van der Waals surface area contributed by atoms with E-state index in [0.717, 1.165) is 5.56 Å². The highest BCUT2D eigenvalue weighted by atomic mass is 16.7. The van der Waals surface area contributed by atoms with E-state index in [1.807, 2.05) is 58.0 Å². The van der Waals surface area contributed by atoms with Crippen LogP contribution in [0.15, 0.2) is 42.6 Å². The monoisotopic (exact) mass is 369 g/mol. The second-order valence-electron chi connectivity index (χ2n) is 7.47. The summed E-state index contributed by atoms with van der Waals surface area (Å²) in [5.41, 5.74) is 0.848. The number of benzene rings is 1. The number of methoxy groups -OCH3 is 1. The number of hydrogen-bond acceptors (Lipinski definition) is 6. The van der Waals surface area contributed by atoms with Crippen molar-refractivity contribution in [3.8, 4) is 5.75 Å². The third-order valence-corrected chi connectivity index (χ3v) is 5.02. The van der Waals surface area contributed by atoms with Gasteiger partial charge in [0.05, 0.1) is 18.3 Å². The number of pyridine rings is 1. The van der Waals surface area contributed by atoms with Crippen LogP contribution in [-0.4, -0.2) is 36.4 Å². The summed E-state index contributed by atoms with van der Waals surface area (Å²) in [4.78, 5) is 16.3. The van der Waals surface area contributed by atoms with Gasteiger partial charge in [0.25, 0.3) is 0 Å². The van der Waals surface area contributed by atoms with E-state index >= 15 is 0 Å². The first-order chi connectivity index (χ1) is 12.7. The largest absolute Gasteiger partial charge is 0.496 e. The van der Waals surface area contributed by atoms with E-state index in [0.29, 0.717) is 17.8 Å². The third kappa shape index (κ3) is 3.99. The van der Waals surface area contributed by atoms with Crippen molar-refractivity contribution >= 4 is 18.6 Å². The van der Waals surface area contributed by atoms with Gasteiger partial charge in [-0.05, 0) is 39.3 Å². The van der Waals surface area contributed by atoms with Crippen LogP contribution >= 0.6 is 0 Å². The van der Waals surface area contributed by atoms with Gasteiger partial charge >= 0.3 is 13.1 Å². The van der Waals surface area contributed by atoms with E-state index in [1.165, 1.54) is 7.11 Å². The number of carbonyl (C=O) groups excluding carboxylic acids is 1. The number of carbonyl (C=O) groups is 1. The first-order valence-electron chi connectivity index (χ1n) is 8.84. The molecule has 1 aromatic carbocycles. The Morgan fingerprint density at radius 1 is 1.11 bits per heavy atom. The van der Waals surface area contributed by atoms with Crippen molar-refractivity contribution < 1.29 is 23.6 Å². The van der Waals surface area contributed by atoms with E-state index in [4.69, 9.17) is 18.8 Å². The molecule has 0 bridgehead atoms. The molecule has 0 saturated carbocycles. The SMILES string of the molecule is COC(=O)c1ncc(B2OC(C)(C)C(C)(C)O2)cc1OCc1ccccc1. The van der Waals surface area contributed by atoms with E-state index in [-0.39, 0.29) is 5.69 Å². The molecule has 7 heteroatoms. The zero-order valence-electron chi connectivity index (χ0n) is 16.3. The minimum Gasteiger partial charge on any atom is -0.486 e. The summed E-state index contributed by atoms with van der Waals surface area (Å²) in [7, 11) is 0.723. The molecule has 1 aromatic heterocycles. The number of hydrogen-bond donors (Lipinski definition) is 0. The summed E-state index contributed by atoms with van der Waals surface area (Å²) >= 11 is 0. The third-order valence-electron chi connectivity index (χ3n) is 5.02. The van der Waals surface area contributed by atoms with Gasteiger partial charge in [-0.3, -0.25) is 0 Å². The summed E-state index contributed by atoms with van der Waals surface area (Å²) in [6.07, 6.45) is 1.56. The van der Waals surface area contributed by atoms with E-state index in [9.17, 15) is 4.79 Å². The molecule has 142 valence electrons. The van der Waals surface area contributed by atoms with Gasteiger partial charge in [0.1, 0.15) is 6.61 Å². The average molecular weight is 369 g/mol. The van der Waals surface area contributed by atoms with Gasteiger partial charge in [-0.25, -0.2) is 9.78 Å². The maximum absolute atomic E-state index is 12.1. The molecule has 1 saturated heterocycles. The van der Waals surface area contributed by atoms with Gasteiger partial charge in [-0.1, -0.05) is 30.3 Å². The lowest BCUT2D eigenvalue weighted by molar-refractivity contribution is 0.00578. The molecule has 1 aliphatic rings. The number of esters is 1. The van der Waals surface area contributed by atoms with E-state index in [1.54, 1.807) is 12.3 Å². The maximum atomic E-state index is 12.1. The Balaban J connectivity index is 1.88. The van der Waals surface area contributed by atoms with E-state index in [2.05, 4.69) is 4.98 Å². The summed E-state index contributed by atoms with van der Waals surface area (Å²) in [6, 6.07) is 11.4. The van der Waals surface area contributed by atoms with Crippen LogP contribution in [-0.2, 0) is 20.7 Å². The molecular weight excluding hydrogens is 345 g/mol. The Bertz CT molecular complexity index is 806. The second-order valence-corrected chi connectivity index (χ2v) is 7.47. The molecule has 3 rings (SSSR count). The Morgan fingerprint density at radius 3 is 2.33 bits per heavy atom. The van der Waals surface area contributed by atoms with Crippen molar-refractivity contribution in [2.24, 2.45) is 0 Å². The van der Waals surface area contributed by atoms with Crippen molar-refractivity contribution in [3.63, 3.8) is 0 Å². The molecule has 1 aliphatic heterocycles. The van der Waals surface area contributed by atoms with Crippen LogP contribution in [0.1, 0.15) is 43.7 Å². The molecule has 1 fully saturated rings. The van der Waals surface area contributed by atoms with Crippen LogP contribution in [0.4, 0.5) is 0 Å². The minimum absolute atomic E-state index is 0.119. The second kappa shape index (κ2) is 7.33. The highest BCUT2D eigenvalue weighted by molar-refractivity contribution is 6.62. The highest BCUT2D eigenvalue weighted by Crippen LogP contribution is 2.36. The maximum Gasteiger partial charge on any atom is 0.496 e. The zero-order chi connectivity index (χ0) is 19.7. The number of nitrogens with zero attached hydrogens (tertiary/aromatic N) is 1. The fourth-order valence-corrected chi connectivity index (χ4v) is 2.66. The van der Waals surface area contributed by atoms with Gasteiger partial charge in [-0.2, -0.15) is 0 Å². The van der Waals surface area contributed by atoms with Crippen LogP contribution in [0.5, 0.6) is 5.75 Å². The molecule has 0 amide bonds. The van der Waals surface area contributed by atoms with Crippen LogP contribution in [0.3, 0.4) is 0 Å². The van der Waals surface area contributed by atoms with Crippen LogP contribution in [0, 0.1) is 0 Å². The van der Waals surface area contributed by atoms with Crippen LogP contribution < -0.4 is 10.2 Å². The predicted octanol–water partition coefficient (Wildman–Crippen LogP) is 2.75. The Kier molecular flexibility index (Phi) is 5.26. The van der Waals surface area contributed by atoms with Crippen molar-refractivity contribution in [2.45, 2.75) is 45.5 Å². The van der Waals surface area contributed by atoms with Gasteiger partial charge < -0.3 is 18.8 Å². The lowest BCUT2D eigenvalue weighted by Crippen LogP contribution is -2.41. The number of ether oxygens (including phenoxy) is 2. The Labute approximate surface area is 159 Å². The molecule has 2 aromatic rings. The van der Waals surface area contributed by atoms with Crippen LogP contribution in [0.2, 0.25) is 0 Å².